The molecule has 2 nitrogen and oxygen atoms in total. The van der Waals surface area contributed by atoms with Gasteiger partial charge in [-0.05, 0) is 43.4 Å². The molecule has 0 aliphatic heterocycles. The molecule has 0 radical (unpaired) electrons. The highest BCUT2D eigenvalue weighted by Gasteiger charge is 2.18. The maximum Gasteiger partial charge on any atom is 0.00768 e. The number of benzene rings is 1. The summed E-state index contributed by atoms with van der Waals surface area (Å²) in [6.45, 7) is 3.24. The van der Waals surface area contributed by atoms with Crippen LogP contribution in [0.1, 0.15) is 29.9 Å². The summed E-state index contributed by atoms with van der Waals surface area (Å²) in [5, 5.41) is 6.70. The van der Waals surface area contributed by atoms with Gasteiger partial charge in [-0.1, -0.05) is 24.3 Å². The van der Waals surface area contributed by atoms with Gasteiger partial charge in [-0.15, -0.1) is 0 Å². The van der Waals surface area contributed by atoms with Crippen molar-refractivity contribution >= 4 is 0 Å². The van der Waals surface area contributed by atoms with E-state index in [0.717, 1.165) is 25.6 Å². The van der Waals surface area contributed by atoms with E-state index in [2.05, 4.69) is 34.9 Å². The molecule has 0 heterocycles. The van der Waals surface area contributed by atoms with Gasteiger partial charge in [0, 0.05) is 19.6 Å². The highest BCUT2D eigenvalue weighted by atomic mass is 14.9. The molecular formula is C14H22N2. The van der Waals surface area contributed by atoms with Crippen LogP contribution in [0.25, 0.3) is 0 Å². The Labute approximate surface area is 98.4 Å². The van der Waals surface area contributed by atoms with Gasteiger partial charge in [-0.2, -0.15) is 0 Å². The molecule has 2 N–H and O–H groups in total. The molecule has 0 amide bonds. The second-order valence-corrected chi connectivity index (χ2v) is 4.60. The first-order chi connectivity index (χ1) is 7.92. The lowest BCUT2D eigenvalue weighted by Crippen LogP contribution is -2.29. The van der Waals surface area contributed by atoms with Crippen LogP contribution in [0.5, 0.6) is 0 Å². The lowest BCUT2D eigenvalue weighted by Gasteiger charge is -2.25. The molecule has 2 heteroatoms. The average Bonchev–Trinajstić information content (AvgIpc) is 2.35. The zero-order chi connectivity index (χ0) is 11.2. The number of fused-ring (bicyclic) bond motifs is 1. The van der Waals surface area contributed by atoms with E-state index in [-0.39, 0.29) is 0 Å². The second-order valence-electron chi connectivity index (χ2n) is 4.60. The Balaban J connectivity index is 1.91. The summed E-state index contributed by atoms with van der Waals surface area (Å²) in [5.41, 5.74) is 3.14. The average molecular weight is 218 g/mol. The molecule has 0 fully saturated rings. The maximum absolute atomic E-state index is 3.53. The minimum absolute atomic E-state index is 0.724. The van der Waals surface area contributed by atoms with Gasteiger partial charge >= 0.3 is 0 Å². The first kappa shape index (κ1) is 11.6. The van der Waals surface area contributed by atoms with E-state index in [1.807, 2.05) is 7.05 Å². The van der Waals surface area contributed by atoms with Crippen molar-refractivity contribution in [1.82, 2.24) is 10.6 Å². The molecule has 1 aromatic carbocycles. The van der Waals surface area contributed by atoms with Crippen molar-refractivity contribution in [3.63, 3.8) is 0 Å². The molecule has 1 aliphatic carbocycles. The van der Waals surface area contributed by atoms with Crippen LogP contribution >= 0.6 is 0 Å². The van der Waals surface area contributed by atoms with Gasteiger partial charge in [0.2, 0.25) is 0 Å². The fourth-order valence-corrected chi connectivity index (χ4v) is 2.56. The molecule has 16 heavy (non-hydrogen) atoms. The summed E-state index contributed by atoms with van der Waals surface area (Å²) in [6.07, 6.45) is 3.95. The van der Waals surface area contributed by atoms with Crippen LogP contribution in [0.4, 0.5) is 0 Å². The lowest BCUT2D eigenvalue weighted by molar-refractivity contribution is 0.505. The highest BCUT2D eigenvalue weighted by molar-refractivity contribution is 5.32. The molecule has 0 bridgehead atoms. The van der Waals surface area contributed by atoms with Crippen molar-refractivity contribution in [1.29, 1.82) is 0 Å². The van der Waals surface area contributed by atoms with Crippen LogP contribution in [-0.2, 0) is 6.42 Å². The minimum Gasteiger partial charge on any atom is -0.318 e. The van der Waals surface area contributed by atoms with E-state index in [1.54, 1.807) is 11.1 Å². The van der Waals surface area contributed by atoms with E-state index in [9.17, 15) is 0 Å². The van der Waals surface area contributed by atoms with Gasteiger partial charge in [-0.3, -0.25) is 0 Å². The summed E-state index contributed by atoms with van der Waals surface area (Å²) in [4.78, 5) is 0. The Morgan fingerprint density at radius 3 is 3.00 bits per heavy atom. The largest absolute Gasteiger partial charge is 0.318 e. The van der Waals surface area contributed by atoms with Gasteiger partial charge in [-0.25, -0.2) is 0 Å². The summed E-state index contributed by atoms with van der Waals surface area (Å²) in [5.74, 6) is 0.724. The number of nitrogens with one attached hydrogen (secondary N) is 2. The molecule has 0 aromatic heterocycles. The minimum atomic E-state index is 0.724. The SMILES string of the molecule is CNCCNCC1CCCc2ccccc21. The molecule has 1 atom stereocenters. The van der Waals surface area contributed by atoms with Crippen LogP contribution in [0.15, 0.2) is 24.3 Å². The summed E-state index contributed by atoms with van der Waals surface area (Å²) < 4.78 is 0. The van der Waals surface area contributed by atoms with Crippen LogP contribution in [0.3, 0.4) is 0 Å². The Kier molecular flexibility index (Phi) is 4.37. The van der Waals surface area contributed by atoms with Crippen molar-refractivity contribution in [3.05, 3.63) is 35.4 Å². The van der Waals surface area contributed by atoms with Gasteiger partial charge in [0.1, 0.15) is 0 Å². The van der Waals surface area contributed by atoms with Crippen molar-refractivity contribution in [3.8, 4) is 0 Å². The van der Waals surface area contributed by atoms with Gasteiger partial charge in [0.15, 0.2) is 0 Å². The first-order valence-electron chi connectivity index (χ1n) is 6.35. The van der Waals surface area contributed by atoms with E-state index in [1.165, 1.54) is 19.3 Å². The fraction of sp³-hybridized carbons (Fsp3) is 0.571. The Bertz CT molecular complexity index is 322. The number of aryl methyl sites for hydroxylation is 1. The van der Waals surface area contributed by atoms with E-state index in [4.69, 9.17) is 0 Å². The Morgan fingerprint density at radius 2 is 2.12 bits per heavy atom. The number of hydrogen-bond donors (Lipinski definition) is 2. The highest BCUT2D eigenvalue weighted by Crippen LogP contribution is 2.30. The molecule has 1 aromatic rings. The van der Waals surface area contributed by atoms with Crippen molar-refractivity contribution in [2.75, 3.05) is 26.7 Å². The van der Waals surface area contributed by atoms with Gasteiger partial charge in [0.05, 0.1) is 0 Å². The standard InChI is InChI=1S/C14H22N2/c1-15-9-10-16-11-13-7-4-6-12-5-2-3-8-14(12)13/h2-3,5,8,13,15-16H,4,6-7,9-11H2,1H3. The van der Waals surface area contributed by atoms with E-state index >= 15 is 0 Å². The number of rotatable bonds is 5. The van der Waals surface area contributed by atoms with Crippen LogP contribution in [0.2, 0.25) is 0 Å². The third kappa shape index (κ3) is 2.83. The van der Waals surface area contributed by atoms with Gasteiger partial charge < -0.3 is 10.6 Å². The molecule has 0 saturated carbocycles. The van der Waals surface area contributed by atoms with Crippen molar-refractivity contribution < 1.29 is 0 Å². The topological polar surface area (TPSA) is 24.1 Å². The predicted molar refractivity (Wildman–Crippen MR) is 68.9 cm³/mol. The van der Waals surface area contributed by atoms with E-state index < -0.39 is 0 Å². The molecule has 0 spiro atoms. The molecular weight excluding hydrogens is 196 g/mol. The van der Waals surface area contributed by atoms with Gasteiger partial charge in [0.25, 0.3) is 0 Å². The quantitative estimate of drug-likeness (QED) is 0.738. The van der Waals surface area contributed by atoms with Crippen LogP contribution in [0, 0.1) is 0 Å². The number of likely N-dealkylation sites (N-methyl/N-ethyl adjacent to an activating group) is 1. The maximum atomic E-state index is 3.53. The van der Waals surface area contributed by atoms with E-state index in [0.29, 0.717) is 0 Å². The molecule has 2 rings (SSSR count). The summed E-state index contributed by atoms with van der Waals surface area (Å²) in [6, 6.07) is 8.92. The first-order valence-corrected chi connectivity index (χ1v) is 6.35. The zero-order valence-corrected chi connectivity index (χ0v) is 10.1. The van der Waals surface area contributed by atoms with Crippen LogP contribution < -0.4 is 10.6 Å². The third-order valence-corrected chi connectivity index (χ3v) is 3.44. The lowest BCUT2D eigenvalue weighted by atomic mass is 9.83. The summed E-state index contributed by atoms with van der Waals surface area (Å²) >= 11 is 0. The summed E-state index contributed by atoms with van der Waals surface area (Å²) in [7, 11) is 2.00. The Hall–Kier alpha value is -0.860. The molecule has 1 aliphatic rings. The van der Waals surface area contributed by atoms with Crippen molar-refractivity contribution in [2.45, 2.75) is 25.2 Å². The molecule has 0 saturated heterocycles. The predicted octanol–water partition coefficient (Wildman–Crippen LogP) is 1.92. The smallest absolute Gasteiger partial charge is 0.00768 e. The zero-order valence-electron chi connectivity index (χ0n) is 10.1. The molecule has 88 valence electrons. The van der Waals surface area contributed by atoms with Crippen molar-refractivity contribution in [2.24, 2.45) is 0 Å². The molecule has 1 unspecified atom stereocenters. The second kappa shape index (κ2) is 6.02. The monoisotopic (exact) mass is 218 g/mol. The fourth-order valence-electron chi connectivity index (χ4n) is 2.56. The number of hydrogen-bond acceptors (Lipinski definition) is 2. The Morgan fingerprint density at radius 1 is 1.25 bits per heavy atom. The normalized spacial score (nSPS) is 19.4. The van der Waals surface area contributed by atoms with Crippen LogP contribution in [-0.4, -0.2) is 26.7 Å². The third-order valence-electron chi connectivity index (χ3n) is 3.44.